The van der Waals surface area contributed by atoms with Gasteiger partial charge in [0.25, 0.3) is 0 Å². The number of carbonyl (C=O) groups excluding carboxylic acids is 1. The SMILES string of the molecule is COC1(OC)C=CC(=O)[C@@H]2[C@H]1ON1CCCC[C@@H]21. The second-order valence-corrected chi connectivity index (χ2v) is 5.12. The van der Waals surface area contributed by atoms with Crippen molar-refractivity contribution in [2.75, 3.05) is 20.8 Å². The van der Waals surface area contributed by atoms with Crippen molar-refractivity contribution in [1.82, 2.24) is 5.06 Å². The minimum atomic E-state index is -0.935. The zero-order chi connectivity index (χ0) is 12.8. The first-order valence-electron chi connectivity index (χ1n) is 6.48. The van der Waals surface area contributed by atoms with Crippen molar-refractivity contribution in [3.05, 3.63) is 12.2 Å². The van der Waals surface area contributed by atoms with Gasteiger partial charge < -0.3 is 9.47 Å². The maximum Gasteiger partial charge on any atom is 0.217 e. The van der Waals surface area contributed by atoms with Crippen LogP contribution in [0.1, 0.15) is 19.3 Å². The number of piperidine rings is 1. The zero-order valence-electron chi connectivity index (χ0n) is 10.8. The van der Waals surface area contributed by atoms with Gasteiger partial charge in [-0.25, -0.2) is 0 Å². The second-order valence-electron chi connectivity index (χ2n) is 5.12. The number of ketones is 1. The van der Waals surface area contributed by atoms with Gasteiger partial charge in [0.2, 0.25) is 5.79 Å². The molecule has 1 aliphatic carbocycles. The quantitative estimate of drug-likeness (QED) is 0.684. The van der Waals surface area contributed by atoms with Gasteiger partial charge in [-0.1, -0.05) is 6.42 Å². The number of ether oxygens (including phenoxy) is 2. The van der Waals surface area contributed by atoms with E-state index in [2.05, 4.69) is 0 Å². The van der Waals surface area contributed by atoms with Gasteiger partial charge in [0, 0.05) is 26.8 Å². The maximum absolute atomic E-state index is 12.1. The van der Waals surface area contributed by atoms with Crippen molar-refractivity contribution in [1.29, 1.82) is 0 Å². The van der Waals surface area contributed by atoms with Crippen LogP contribution < -0.4 is 0 Å². The predicted octanol–water partition coefficient (Wildman–Crippen LogP) is 0.899. The fourth-order valence-corrected chi connectivity index (χ4v) is 3.35. The molecule has 0 bridgehead atoms. The summed E-state index contributed by atoms with van der Waals surface area (Å²) in [4.78, 5) is 18.1. The molecule has 5 heteroatoms. The lowest BCUT2D eigenvalue weighted by molar-refractivity contribution is -0.281. The molecule has 0 aromatic carbocycles. The van der Waals surface area contributed by atoms with Gasteiger partial charge in [0.05, 0.1) is 5.92 Å². The largest absolute Gasteiger partial charge is 0.348 e. The maximum atomic E-state index is 12.1. The van der Waals surface area contributed by atoms with E-state index in [9.17, 15) is 4.79 Å². The van der Waals surface area contributed by atoms with Crippen molar-refractivity contribution in [3.63, 3.8) is 0 Å². The number of hydrogen-bond donors (Lipinski definition) is 0. The molecule has 0 saturated carbocycles. The van der Waals surface area contributed by atoms with E-state index in [1.165, 1.54) is 0 Å². The summed E-state index contributed by atoms with van der Waals surface area (Å²) in [6.07, 6.45) is 6.16. The smallest absolute Gasteiger partial charge is 0.217 e. The molecule has 3 aliphatic rings. The normalized spacial score (nSPS) is 38.6. The summed E-state index contributed by atoms with van der Waals surface area (Å²) < 4.78 is 11.0. The van der Waals surface area contributed by atoms with Gasteiger partial charge >= 0.3 is 0 Å². The first-order chi connectivity index (χ1) is 8.72. The Morgan fingerprint density at radius 1 is 1.39 bits per heavy atom. The van der Waals surface area contributed by atoms with Crippen LogP contribution in [0.2, 0.25) is 0 Å². The van der Waals surface area contributed by atoms with E-state index >= 15 is 0 Å². The molecule has 0 radical (unpaired) electrons. The lowest BCUT2D eigenvalue weighted by atomic mass is 9.79. The van der Waals surface area contributed by atoms with Crippen molar-refractivity contribution >= 4 is 5.78 Å². The molecule has 2 saturated heterocycles. The Kier molecular flexibility index (Phi) is 3.02. The van der Waals surface area contributed by atoms with Gasteiger partial charge in [-0.3, -0.25) is 9.63 Å². The fraction of sp³-hybridized carbons (Fsp3) is 0.769. The van der Waals surface area contributed by atoms with E-state index < -0.39 is 5.79 Å². The second kappa shape index (κ2) is 4.42. The molecule has 0 unspecified atom stereocenters. The first-order valence-corrected chi connectivity index (χ1v) is 6.48. The van der Waals surface area contributed by atoms with Gasteiger partial charge in [-0.15, -0.1) is 0 Å². The molecule has 0 amide bonds. The van der Waals surface area contributed by atoms with Crippen LogP contribution in [-0.4, -0.2) is 49.5 Å². The Bertz CT molecular complexity index is 377. The zero-order valence-corrected chi connectivity index (χ0v) is 10.8. The molecule has 3 rings (SSSR count). The Labute approximate surface area is 107 Å². The lowest BCUT2D eigenvalue weighted by Gasteiger charge is -2.37. The molecule has 18 heavy (non-hydrogen) atoms. The monoisotopic (exact) mass is 253 g/mol. The summed E-state index contributed by atoms with van der Waals surface area (Å²) in [6.45, 7) is 0.883. The van der Waals surface area contributed by atoms with Crippen molar-refractivity contribution in [3.8, 4) is 0 Å². The van der Waals surface area contributed by atoms with Crippen molar-refractivity contribution in [2.24, 2.45) is 5.92 Å². The van der Waals surface area contributed by atoms with E-state index in [4.69, 9.17) is 14.3 Å². The highest BCUT2D eigenvalue weighted by molar-refractivity contribution is 5.94. The van der Waals surface area contributed by atoms with Crippen LogP contribution in [0, 0.1) is 5.92 Å². The van der Waals surface area contributed by atoms with E-state index in [0.717, 1.165) is 25.8 Å². The van der Waals surface area contributed by atoms with Crippen LogP contribution in [0.4, 0.5) is 0 Å². The minimum Gasteiger partial charge on any atom is -0.348 e. The highest BCUT2D eigenvalue weighted by atomic mass is 16.8. The number of allylic oxidation sites excluding steroid dienone is 1. The predicted molar refractivity (Wildman–Crippen MR) is 63.6 cm³/mol. The molecule has 0 N–H and O–H groups in total. The van der Waals surface area contributed by atoms with Crippen LogP contribution in [-0.2, 0) is 19.1 Å². The van der Waals surface area contributed by atoms with Crippen molar-refractivity contribution in [2.45, 2.75) is 37.2 Å². The number of hydroxylamine groups is 2. The third-order valence-electron chi connectivity index (χ3n) is 4.33. The third kappa shape index (κ3) is 1.58. The van der Waals surface area contributed by atoms with Crippen LogP contribution >= 0.6 is 0 Å². The van der Waals surface area contributed by atoms with Crippen LogP contribution in [0.15, 0.2) is 12.2 Å². The Morgan fingerprint density at radius 3 is 2.89 bits per heavy atom. The molecular formula is C13H19NO4. The Hall–Kier alpha value is -0.750. The molecule has 2 aliphatic heterocycles. The molecule has 5 nitrogen and oxygen atoms in total. The number of fused-ring (bicyclic) bond motifs is 3. The van der Waals surface area contributed by atoms with E-state index in [-0.39, 0.29) is 23.8 Å². The molecule has 0 spiro atoms. The molecule has 2 heterocycles. The minimum absolute atomic E-state index is 0.124. The summed E-state index contributed by atoms with van der Waals surface area (Å²) in [5.41, 5.74) is 0. The van der Waals surface area contributed by atoms with Gasteiger partial charge in [0.1, 0.15) is 6.10 Å². The summed E-state index contributed by atoms with van der Waals surface area (Å²) in [6, 6.07) is 0.172. The topological polar surface area (TPSA) is 48.0 Å². The average molecular weight is 253 g/mol. The Morgan fingerprint density at radius 2 is 2.17 bits per heavy atom. The van der Waals surface area contributed by atoms with Crippen LogP contribution in [0.5, 0.6) is 0 Å². The number of carbonyl (C=O) groups is 1. The summed E-state index contributed by atoms with van der Waals surface area (Å²) in [7, 11) is 3.17. The number of nitrogens with zero attached hydrogens (tertiary/aromatic N) is 1. The van der Waals surface area contributed by atoms with E-state index in [1.807, 2.05) is 5.06 Å². The van der Waals surface area contributed by atoms with Gasteiger partial charge in [-0.05, 0) is 25.0 Å². The highest BCUT2D eigenvalue weighted by Gasteiger charge is 2.58. The number of rotatable bonds is 2. The first kappa shape index (κ1) is 12.3. The van der Waals surface area contributed by atoms with E-state index in [1.54, 1.807) is 26.4 Å². The Balaban J connectivity index is 1.96. The molecule has 3 atom stereocenters. The number of hydrogen-bond acceptors (Lipinski definition) is 5. The molecule has 0 aromatic rings. The third-order valence-corrected chi connectivity index (χ3v) is 4.33. The molecular weight excluding hydrogens is 234 g/mol. The highest BCUT2D eigenvalue weighted by Crippen LogP contribution is 2.43. The lowest BCUT2D eigenvalue weighted by Crippen LogP contribution is -2.52. The fourth-order valence-electron chi connectivity index (χ4n) is 3.35. The van der Waals surface area contributed by atoms with Crippen LogP contribution in [0.25, 0.3) is 0 Å². The summed E-state index contributed by atoms with van der Waals surface area (Å²) in [5, 5.41) is 1.95. The number of methoxy groups -OCH3 is 2. The summed E-state index contributed by atoms with van der Waals surface area (Å²) in [5.74, 6) is -0.982. The molecule has 100 valence electrons. The molecule has 2 fully saturated rings. The average Bonchev–Trinajstić information content (AvgIpc) is 2.81. The van der Waals surface area contributed by atoms with Crippen molar-refractivity contribution < 1.29 is 19.1 Å². The van der Waals surface area contributed by atoms with E-state index in [0.29, 0.717) is 0 Å². The van der Waals surface area contributed by atoms with Gasteiger partial charge in [-0.2, -0.15) is 5.06 Å². The molecule has 0 aromatic heterocycles. The van der Waals surface area contributed by atoms with Gasteiger partial charge in [0.15, 0.2) is 5.78 Å². The standard InChI is InChI=1S/C13H19NO4/c1-16-13(17-2)7-6-10(15)11-9-5-3-4-8-14(9)18-12(11)13/h6-7,9,11-12H,3-5,8H2,1-2H3/t9-,11+,12+/m0/s1. The van der Waals surface area contributed by atoms with Crippen LogP contribution in [0.3, 0.4) is 0 Å². The summed E-state index contributed by atoms with van der Waals surface area (Å²) >= 11 is 0.